The summed E-state index contributed by atoms with van der Waals surface area (Å²) in [5, 5.41) is 4.10. The van der Waals surface area contributed by atoms with Gasteiger partial charge in [-0.25, -0.2) is 0 Å². The third kappa shape index (κ3) is 3.83. The Bertz CT molecular complexity index is 528. The van der Waals surface area contributed by atoms with Gasteiger partial charge < -0.3 is 5.32 Å². The van der Waals surface area contributed by atoms with Crippen molar-refractivity contribution in [3.63, 3.8) is 0 Å². The smallest absolute Gasteiger partial charge is 0.0473 e. The zero-order valence-electron chi connectivity index (χ0n) is 12.0. The molecule has 106 valence electrons. The summed E-state index contributed by atoms with van der Waals surface area (Å²) in [4.78, 5) is 2.33. The molecule has 0 saturated heterocycles. The molecule has 2 aromatic rings. The van der Waals surface area contributed by atoms with Gasteiger partial charge in [-0.15, -0.1) is 0 Å². The molecule has 0 saturated carbocycles. The van der Waals surface area contributed by atoms with Gasteiger partial charge in [0.2, 0.25) is 0 Å². The summed E-state index contributed by atoms with van der Waals surface area (Å²) in [6.45, 7) is 1.74. The van der Waals surface area contributed by atoms with Crippen LogP contribution in [0.2, 0.25) is 5.02 Å². The molecule has 0 heterocycles. The number of halogens is 1. The Morgan fingerprint density at radius 1 is 1.05 bits per heavy atom. The Labute approximate surface area is 126 Å². The first-order valence-electron chi connectivity index (χ1n) is 6.85. The van der Waals surface area contributed by atoms with Gasteiger partial charge in [-0.1, -0.05) is 60.1 Å². The van der Waals surface area contributed by atoms with Gasteiger partial charge in [0.25, 0.3) is 0 Å². The van der Waals surface area contributed by atoms with Gasteiger partial charge in [0.15, 0.2) is 0 Å². The van der Waals surface area contributed by atoms with Gasteiger partial charge in [-0.05, 0) is 31.3 Å². The quantitative estimate of drug-likeness (QED) is 0.871. The fourth-order valence-electron chi connectivity index (χ4n) is 2.40. The standard InChI is InChI=1S/C17H21ClN2/c1-19-12-17(14-8-4-3-5-9-14)20(2)13-15-10-6-7-11-16(15)18/h3-11,17,19H,12-13H2,1-2H3. The number of nitrogens with one attached hydrogen (secondary N) is 1. The Hall–Kier alpha value is -1.35. The summed E-state index contributed by atoms with van der Waals surface area (Å²) >= 11 is 6.25. The minimum Gasteiger partial charge on any atom is -0.318 e. The van der Waals surface area contributed by atoms with Gasteiger partial charge in [0, 0.05) is 24.2 Å². The van der Waals surface area contributed by atoms with Crippen LogP contribution in [0.1, 0.15) is 17.2 Å². The molecule has 1 unspecified atom stereocenters. The van der Waals surface area contributed by atoms with E-state index in [1.165, 1.54) is 5.56 Å². The van der Waals surface area contributed by atoms with E-state index in [0.29, 0.717) is 6.04 Å². The highest BCUT2D eigenvalue weighted by molar-refractivity contribution is 6.31. The average molecular weight is 289 g/mol. The summed E-state index contributed by atoms with van der Waals surface area (Å²) in [6.07, 6.45) is 0. The second-order valence-electron chi connectivity index (χ2n) is 4.99. The van der Waals surface area contributed by atoms with Gasteiger partial charge in [-0.3, -0.25) is 4.90 Å². The molecule has 0 radical (unpaired) electrons. The van der Waals surface area contributed by atoms with Crippen LogP contribution < -0.4 is 5.32 Å². The predicted octanol–water partition coefficient (Wildman–Crippen LogP) is 3.73. The van der Waals surface area contributed by atoms with Crippen molar-refractivity contribution in [2.24, 2.45) is 0 Å². The van der Waals surface area contributed by atoms with Crippen molar-refractivity contribution in [3.8, 4) is 0 Å². The minimum atomic E-state index is 0.331. The van der Waals surface area contributed by atoms with E-state index < -0.39 is 0 Å². The summed E-state index contributed by atoms with van der Waals surface area (Å²) < 4.78 is 0. The molecule has 0 aliphatic heterocycles. The van der Waals surface area contributed by atoms with Gasteiger partial charge >= 0.3 is 0 Å². The van der Waals surface area contributed by atoms with Crippen LogP contribution in [0, 0.1) is 0 Å². The van der Waals surface area contributed by atoms with Crippen molar-refractivity contribution in [2.75, 3.05) is 20.6 Å². The molecule has 2 rings (SSSR count). The lowest BCUT2D eigenvalue weighted by Crippen LogP contribution is -2.31. The van der Waals surface area contributed by atoms with E-state index in [9.17, 15) is 0 Å². The average Bonchev–Trinajstić information content (AvgIpc) is 2.48. The van der Waals surface area contributed by atoms with E-state index in [0.717, 1.165) is 23.7 Å². The van der Waals surface area contributed by atoms with Gasteiger partial charge in [0.05, 0.1) is 0 Å². The third-order valence-corrected chi connectivity index (χ3v) is 3.86. The number of hydrogen-bond donors (Lipinski definition) is 1. The van der Waals surface area contributed by atoms with Crippen LogP contribution in [0.5, 0.6) is 0 Å². The van der Waals surface area contributed by atoms with Gasteiger partial charge in [-0.2, -0.15) is 0 Å². The first kappa shape index (κ1) is 15.0. The van der Waals surface area contributed by atoms with E-state index in [1.807, 2.05) is 31.3 Å². The SMILES string of the molecule is CNCC(c1ccccc1)N(C)Cc1ccccc1Cl. The zero-order chi connectivity index (χ0) is 14.4. The number of likely N-dealkylation sites (N-methyl/N-ethyl adjacent to an activating group) is 2. The molecular weight excluding hydrogens is 268 g/mol. The molecule has 0 fully saturated rings. The van der Waals surface area contributed by atoms with Crippen LogP contribution in [-0.4, -0.2) is 25.5 Å². The van der Waals surface area contributed by atoms with E-state index in [4.69, 9.17) is 11.6 Å². The lowest BCUT2D eigenvalue weighted by Gasteiger charge is -2.28. The summed E-state index contributed by atoms with van der Waals surface area (Å²) in [5.41, 5.74) is 2.48. The highest BCUT2D eigenvalue weighted by atomic mass is 35.5. The highest BCUT2D eigenvalue weighted by Crippen LogP contribution is 2.23. The van der Waals surface area contributed by atoms with Crippen molar-refractivity contribution in [3.05, 3.63) is 70.7 Å². The molecule has 2 nitrogen and oxygen atoms in total. The van der Waals surface area contributed by atoms with E-state index in [-0.39, 0.29) is 0 Å². The van der Waals surface area contributed by atoms with Crippen LogP contribution in [-0.2, 0) is 6.54 Å². The van der Waals surface area contributed by atoms with Crippen molar-refractivity contribution >= 4 is 11.6 Å². The number of rotatable bonds is 6. The minimum absolute atomic E-state index is 0.331. The molecule has 0 aliphatic rings. The van der Waals surface area contributed by atoms with Crippen LogP contribution in [0.4, 0.5) is 0 Å². The molecule has 1 N–H and O–H groups in total. The normalized spacial score (nSPS) is 12.6. The topological polar surface area (TPSA) is 15.3 Å². The Balaban J connectivity index is 2.16. The number of hydrogen-bond acceptors (Lipinski definition) is 2. The molecule has 20 heavy (non-hydrogen) atoms. The van der Waals surface area contributed by atoms with E-state index in [2.05, 4.69) is 47.6 Å². The lowest BCUT2D eigenvalue weighted by atomic mass is 10.0. The zero-order valence-corrected chi connectivity index (χ0v) is 12.8. The van der Waals surface area contributed by atoms with Crippen molar-refractivity contribution in [2.45, 2.75) is 12.6 Å². The molecule has 2 aromatic carbocycles. The fraction of sp³-hybridized carbons (Fsp3) is 0.294. The molecule has 0 amide bonds. The molecule has 0 aliphatic carbocycles. The second-order valence-corrected chi connectivity index (χ2v) is 5.40. The maximum Gasteiger partial charge on any atom is 0.0473 e. The molecular formula is C17H21ClN2. The van der Waals surface area contributed by atoms with E-state index >= 15 is 0 Å². The van der Waals surface area contributed by atoms with Crippen LogP contribution in [0.25, 0.3) is 0 Å². The van der Waals surface area contributed by atoms with Crippen molar-refractivity contribution < 1.29 is 0 Å². The fourth-order valence-corrected chi connectivity index (χ4v) is 2.60. The van der Waals surface area contributed by atoms with E-state index in [1.54, 1.807) is 0 Å². The largest absolute Gasteiger partial charge is 0.318 e. The Morgan fingerprint density at radius 3 is 2.35 bits per heavy atom. The second kappa shape index (κ2) is 7.44. The summed E-state index contributed by atoms with van der Waals surface area (Å²) in [6, 6.07) is 18.9. The predicted molar refractivity (Wildman–Crippen MR) is 86.0 cm³/mol. The molecule has 3 heteroatoms. The van der Waals surface area contributed by atoms with Crippen molar-refractivity contribution in [1.82, 2.24) is 10.2 Å². The number of nitrogens with zero attached hydrogens (tertiary/aromatic N) is 1. The highest BCUT2D eigenvalue weighted by Gasteiger charge is 2.16. The maximum atomic E-state index is 6.25. The molecule has 0 spiro atoms. The summed E-state index contributed by atoms with van der Waals surface area (Å²) in [7, 11) is 4.12. The monoisotopic (exact) mass is 288 g/mol. The molecule has 0 bridgehead atoms. The molecule has 0 aromatic heterocycles. The van der Waals surface area contributed by atoms with Crippen LogP contribution in [0.3, 0.4) is 0 Å². The van der Waals surface area contributed by atoms with Crippen LogP contribution in [0.15, 0.2) is 54.6 Å². The summed E-state index contributed by atoms with van der Waals surface area (Å²) in [5.74, 6) is 0. The third-order valence-electron chi connectivity index (χ3n) is 3.49. The lowest BCUT2D eigenvalue weighted by molar-refractivity contribution is 0.233. The van der Waals surface area contributed by atoms with Crippen molar-refractivity contribution in [1.29, 1.82) is 0 Å². The van der Waals surface area contributed by atoms with Crippen LogP contribution >= 0.6 is 11.6 Å². The first-order valence-corrected chi connectivity index (χ1v) is 7.23. The first-order chi connectivity index (χ1) is 9.72. The molecule has 1 atom stereocenters. The Morgan fingerprint density at radius 2 is 1.70 bits per heavy atom. The Kier molecular flexibility index (Phi) is 5.60. The van der Waals surface area contributed by atoms with Gasteiger partial charge in [0.1, 0.15) is 0 Å². The number of benzene rings is 2. The maximum absolute atomic E-state index is 6.25.